The Morgan fingerprint density at radius 3 is 1.80 bits per heavy atom. The number of hydrogen-bond donors (Lipinski definition) is 2. The van der Waals surface area contributed by atoms with E-state index in [4.69, 9.17) is 10.8 Å². The summed E-state index contributed by atoms with van der Waals surface area (Å²) in [5, 5.41) is 8.23. The maximum absolute atomic E-state index is 10.0. The van der Waals surface area contributed by atoms with Crippen LogP contribution in [0.3, 0.4) is 0 Å². The zero-order valence-corrected chi connectivity index (χ0v) is 5.59. The van der Waals surface area contributed by atoms with Gasteiger partial charge in [0, 0.05) is 0 Å². The van der Waals surface area contributed by atoms with E-state index in [1.165, 1.54) is 0 Å². The number of aliphatic carboxylic acids is 1. The van der Waals surface area contributed by atoms with Gasteiger partial charge in [-0.05, 0) is 5.92 Å². The first kappa shape index (κ1) is 16.9. The van der Waals surface area contributed by atoms with Crippen molar-refractivity contribution in [2.24, 2.45) is 11.7 Å². The van der Waals surface area contributed by atoms with Crippen LogP contribution in [0.15, 0.2) is 0 Å². The van der Waals surface area contributed by atoms with Crippen molar-refractivity contribution in [3.8, 4) is 0 Å². The first-order valence-electron chi connectivity index (χ1n) is 2.54. The molecule has 5 heteroatoms. The van der Waals surface area contributed by atoms with Gasteiger partial charge in [0.2, 0.25) is 0 Å². The average Bonchev–Trinajstić information content (AvgIpc) is 1.64. The summed E-state index contributed by atoms with van der Waals surface area (Å²) in [7, 11) is 0. The van der Waals surface area contributed by atoms with E-state index in [1.807, 2.05) is 0 Å². The van der Waals surface area contributed by atoms with E-state index in [2.05, 4.69) is 0 Å². The third-order valence-corrected chi connectivity index (χ3v) is 1.00. The first-order chi connectivity index (χ1) is 3.55. The summed E-state index contributed by atoms with van der Waals surface area (Å²) in [4.78, 5) is 10.0. The zero-order valence-electron chi connectivity index (χ0n) is 5.59. The van der Waals surface area contributed by atoms with Crippen LogP contribution in [-0.2, 0) is 4.79 Å². The zero-order chi connectivity index (χ0) is 6.73. The molecule has 0 bridgehead atoms. The molecule has 5 N–H and O–H groups in total. The molecule has 0 aliphatic rings. The predicted octanol–water partition coefficient (Wildman–Crippen LogP) is -1.69. The van der Waals surface area contributed by atoms with E-state index in [0.29, 0.717) is 0 Å². The predicted molar refractivity (Wildman–Crippen MR) is 42.6 cm³/mol. The Bertz CT molecular complexity index is 96.9. The quantitative estimate of drug-likeness (QED) is 0.493. The molecule has 0 radical (unpaired) electrons. The Kier molecular flexibility index (Phi) is 13.1. The van der Waals surface area contributed by atoms with Crippen LogP contribution < -0.4 is 5.73 Å². The molecule has 0 aromatic carbocycles. The molecule has 0 spiro atoms. The molecular formula is C5H15CaNO3. The minimum absolute atomic E-state index is 0. The summed E-state index contributed by atoms with van der Waals surface area (Å²) in [6, 6.07) is -0.713. The summed E-state index contributed by atoms with van der Waals surface area (Å²) in [5.74, 6) is -0.910. The number of rotatable bonds is 2. The summed E-state index contributed by atoms with van der Waals surface area (Å²) < 4.78 is 0. The molecule has 60 valence electrons. The Labute approximate surface area is 90.1 Å². The van der Waals surface area contributed by atoms with Crippen LogP contribution in [0.5, 0.6) is 0 Å². The third kappa shape index (κ3) is 6.77. The summed E-state index contributed by atoms with van der Waals surface area (Å²) in [6.07, 6.45) is 0. The third-order valence-electron chi connectivity index (χ3n) is 1.00. The van der Waals surface area contributed by atoms with Crippen molar-refractivity contribution < 1.29 is 15.4 Å². The SMILES string of the molecule is CC(C)C(N)C(=O)O.O.[CaH2]. The van der Waals surface area contributed by atoms with Crippen LogP contribution >= 0.6 is 0 Å². The van der Waals surface area contributed by atoms with Crippen molar-refractivity contribution in [2.75, 3.05) is 0 Å². The standard InChI is InChI=1S/C5H11NO2.Ca.H2O.2H/c1-3(2)4(6)5(7)8;;;;/h3-4H,6H2,1-2H3,(H,7,8);;1H2;;. The van der Waals surface area contributed by atoms with Crippen molar-refractivity contribution in [2.45, 2.75) is 19.9 Å². The van der Waals surface area contributed by atoms with Crippen molar-refractivity contribution in [3.05, 3.63) is 0 Å². The molecule has 0 aromatic rings. The van der Waals surface area contributed by atoms with Gasteiger partial charge in [-0.3, -0.25) is 4.79 Å². The topological polar surface area (TPSA) is 94.8 Å². The number of carbonyl (C=O) groups is 1. The van der Waals surface area contributed by atoms with E-state index in [9.17, 15) is 4.79 Å². The Hall–Kier alpha value is 0.650. The molecule has 0 aliphatic carbocycles. The van der Waals surface area contributed by atoms with E-state index >= 15 is 0 Å². The second kappa shape index (κ2) is 7.75. The Morgan fingerprint density at radius 1 is 1.50 bits per heavy atom. The molecule has 10 heavy (non-hydrogen) atoms. The van der Waals surface area contributed by atoms with Gasteiger partial charge < -0.3 is 16.3 Å². The molecule has 0 aliphatic heterocycles. The van der Waals surface area contributed by atoms with Gasteiger partial charge in [0.1, 0.15) is 6.04 Å². The van der Waals surface area contributed by atoms with E-state index in [1.54, 1.807) is 13.8 Å². The Morgan fingerprint density at radius 2 is 1.80 bits per heavy atom. The van der Waals surface area contributed by atoms with Crippen LogP contribution in [0.4, 0.5) is 0 Å². The summed E-state index contributed by atoms with van der Waals surface area (Å²) >= 11 is 0. The van der Waals surface area contributed by atoms with Crippen LogP contribution in [0, 0.1) is 5.92 Å². The monoisotopic (exact) mass is 177 g/mol. The van der Waals surface area contributed by atoms with Gasteiger partial charge in [0.05, 0.1) is 0 Å². The molecule has 0 aromatic heterocycles. The summed E-state index contributed by atoms with van der Waals surface area (Å²) in [6.45, 7) is 3.55. The fourth-order valence-corrected chi connectivity index (χ4v) is 0.285. The van der Waals surface area contributed by atoms with Crippen LogP contribution in [-0.4, -0.2) is 60.3 Å². The van der Waals surface area contributed by atoms with Crippen molar-refractivity contribution in [3.63, 3.8) is 0 Å². The molecule has 0 saturated carbocycles. The number of carboxylic acids is 1. The molecule has 0 fully saturated rings. The van der Waals surface area contributed by atoms with Gasteiger partial charge in [-0.1, -0.05) is 13.8 Å². The molecule has 0 amide bonds. The first-order valence-corrected chi connectivity index (χ1v) is 2.54. The van der Waals surface area contributed by atoms with E-state index < -0.39 is 12.0 Å². The molecular weight excluding hydrogens is 162 g/mol. The van der Waals surface area contributed by atoms with Crippen molar-refractivity contribution in [1.82, 2.24) is 0 Å². The molecule has 4 nitrogen and oxygen atoms in total. The van der Waals surface area contributed by atoms with Gasteiger partial charge in [-0.15, -0.1) is 0 Å². The van der Waals surface area contributed by atoms with Gasteiger partial charge in [-0.2, -0.15) is 0 Å². The van der Waals surface area contributed by atoms with E-state index in [0.717, 1.165) is 0 Å². The van der Waals surface area contributed by atoms with Crippen molar-refractivity contribution in [1.29, 1.82) is 0 Å². The van der Waals surface area contributed by atoms with Gasteiger partial charge in [0.15, 0.2) is 0 Å². The molecule has 0 rings (SSSR count). The second-order valence-electron chi connectivity index (χ2n) is 2.11. The van der Waals surface area contributed by atoms with Gasteiger partial charge in [-0.25, -0.2) is 0 Å². The number of carboxylic acid groups (broad SMARTS) is 1. The van der Waals surface area contributed by atoms with E-state index in [-0.39, 0.29) is 49.1 Å². The Balaban J connectivity index is -0.000000245. The number of hydrogen-bond acceptors (Lipinski definition) is 2. The van der Waals surface area contributed by atoms with Gasteiger partial charge >= 0.3 is 43.7 Å². The van der Waals surface area contributed by atoms with Crippen LogP contribution in [0.25, 0.3) is 0 Å². The second-order valence-corrected chi connectivity index (χ2v) is 2.11. The van der Waals surface area contributed by atoms with Gasteiger partial charge in [0.25, 0.3) is 0 Å². The number of nitrogens with two attached hydrogens (primary N) is 1. The van der Waals surface area contributed by atoms with Crippen LogP contribution in [0.2, 0.25) is 0 Å². The molecule has 0 saturated heterocycles. The molecule has 0 heterocycles. The van der Waals surface area contributed by atoms with Crippen LogP contribution in [0.1, 0.15) is 13.8 Å². The molecule has 1 atom stereocenters. The average molecular weight is 177 g/mol. The molecule has 1 unspecified atom stereocenters. The van der Waals surface area contributed by atoms with Crippen molar-refractivity contribution >= 4 is 43.7 Å². The fourth-order valence-electron chi connectivity index (χ4n) is 0.285. The normalized spacial score (nSPS) is 11.2. The maximum atomic E-state index is 10.0. The summed E-state index contributed by atoms with van der Waals surface area (Å²) in [5.41, 5.74) is 5.16. The fraction of sp³-hybridized carbons (Fsp3) is 0.800. The minimum atomic E-state index is -0.931.